The summed E-state index contributed by atoms with van der Waals surface area (Å²) in [5.74, 6) is -4.19. The zero-order chi connectivity index (χ0) is 36.8. The third kappa shape index (κ3) is 10.3. The largest absolute Gasteiger partial charge is 0.480 e. The van der Waals surface area contributed by atoms with Crippen molar-refractivity contribution in [1.82, 2.24) is 35.4 Å². The lowest BCUT2D eigenvalue weighted by atomic mass is 10.1. The second kappa shape index (κ2) is 15.3. The van der Waals surface area contributed by atoms with Gasteiger partial charge in [-0.05, 0) is 61.2 Å². The summed E-state index contributed by atoms with van der Waals surface area (Å²) in [5, 5.41) is 27.0. The van der Waals surface area contributed by atoms with Crippen molar-refractivity contribution in [2.45, 2.75) is 37.0 Å². The van der Waals surface area contributed by atoms with Gasteiger partial charge in [-0.1, -0.05) is 23.7 Å². The Morgan fingerprint density at radius 3 is 2.27 bits per heavy atom. The van der Waals surface area contributed by atoms with Gasteiger partial charge in [-0.3, -0.25) is 19.1 Å². The summed E-state index contributed by atoms with van der Waals surface area (Å²) >= 11 is 6.01. The standard InChI is InChI=1S/C31H30ClF3N10O6/c1-45-15-11-22(44-45)39-25(48)24(47)36-14-10-21(26(49)50)38-23(46)17-2-8-20(9-3-17)37-27-40-28(42-29(41-27)51-16-31(33,34)35)43-30(12-13-30)18-4-6-19(32)7-5-18/h2-9,11,15,21H,10,12-14,16H2,1H3,(H,36,47)(H,38,46)(H,49,50)(H,39,44,48)(H2,37,40,41,42,43)/t21-/m0/s1. The van der Waals surface area contributed by atoms with Crippen molar-refractivity contribution in [3.63, 3.8) is 0 Å². The van der Waals surface area contributed by atoms with Crippen LogP contribution in [0.3, 0.4) is 0 Å². The number of aliphatic carboxylic acids is 1. The van der Waals surface area contributed by atoms with Crippen LogP contribution in [-0.4, -0.2) is 78.9 Å². The Morgan fingerprint density at radius 2 is 1.67 bits per heavy atom. The molecule has 1 atom stereocenters. The Hall–Kier alpha value is -5.98. The molecule has 0 spiro atoms. The van der Waals surface area contributed by atoms with E-state index in [1.807, 2.05) is 12.1 Å². The van der Waals surface area contributed by atoms with Gasteiger partial charge in [0.25, 0.3) is 5.91 Å². The number of carboxylic acid groups (broad SMARTS) is 1. The maximum Gasteiger partial charge on any atom is 0.422 e. The molecule has 1 aliphatic carbocycles. The number of hydrogen-bond acceptors (Lipinski definition) is 11. The number of carboxylic acids is 1. The first kappa shape index (κ1) is 36.3. The highest BCUT2D eigenvalue weighted by Gasteiger charge is 2.45. The normalized spacial score (nSPS) is 13.7. The second-order valence-corrected chi connectivity index (χ2v) is 11.8. The molecule has 16 nitrogen and oxygen atoms in total. The smallest absolute Gasteiger partial charge is 0.422 e. The lowest BCUT2D eigenvalue weighted by molar-refractivity contribution is -0.154. The Labute approximate surface area is 292 Å². The van der Waals surface area contributed by atoms with E-state index >= 15 is 0 Å². The summed E-state index contributed by atoms with van der Waals surface area (Å²) in [5.41, 5.74) is 0.711. The number of rotatable bonds is 14. The fourth-order valence-corrected chi connectivity index (χ4v) is 4.80. The van der Waals surface area contributed by atoms with Gasteiger partial charge in [0.15, 0.2) is 12.4 Å². The van der Waals surface area contributed by atoms with E-state index in [9.17, 15) is 37.5 Å². The van der Waals surface area contributed by atoms with E-state index in [4.69, 9.17) is 16.3 Å². The minimum atomic E-state index is -4.64. The van der Waals surface area contributed by atoms with Gasteiger partial charge in [-0.2, -0.15) is 33.2 Å². The van der Waals surface area contributed by atoms with Crippen molar-refractivity contribution in [2.75, 3.05) is 29.1 Å². The Kier molecular flexibility index (Phi) is 10.9. The van der Waals surface area contributed by atoms with Crippen LogP contribution in [0.1, 0.15) is 35.2 Å². The van der Waals surface area contributed by atoms with Crippen molar-refractivity contribution >= 4 is 58.7 Å². The molecule has 1 fully saturated rings. The summed E-state index contributed by atoms with van der Waals surface area (Å²) in [6.45, 7) is -1.88. The SMILES string of the molecule is Cn1ccc(NC(=O)C(=O)NCC[C@H](NC(=O)c2ccc(Nc3nc(NC4(c5ccc(Cl)cc5)CC4)nc(OCC(F)(F)F)n3)cc2)C(=O)O)n1. The number of ether oxygens (including phenoxy) is 1. The first-order valence-electron chi connectivity index (χ1n) is 15.2. The van der Waals surface area contributed by atoms with E-state index in [-0.39, 0.29) is 36.2 Å². The first-order valence-corrected chi connectivity index (χ1v) is 15.6. The minimum Gasteiger partial charge on any atom is -0.480 e. The molecule has 4 aromatic rings. The third-order valence-electron chi connectivity index (χ3n) is 7.36. The minimum absolute atomic E-state index is 0.0437. The number of halogens is 4. The van der Waals surface area contributed by atoms with Crippen LogP contribution < -0.4 is 31.3 Å². The maximum absolute atomic E-state index is 12.9. The van der Waals surface area contributed by atoms with E-state index in [1.54, 1.807) is 25.4 Å². The molecule has 0 saturated heterocycles. The van der Waals surface area contributed by atoms with Crippen LogP contribution in [0.25, 0.3) is 0 Å². The monoisotopic (exact) mass is 730 g/mol. The predicted molar refractivity (Wildman–Crippen MR) is 175 cm³/mol. The molecule has 51 heavy (non-hydrogen) atoms. The van der Waals surface area contributed by atoms with Crippen LogP contribution in [0, 0.1) is 0 Å². The third-order valence-corrected chi connectivity index (χ3v) is 7.62. The average molecular weight is 731 g/mol. The van der Waals surface area contributed by atoms with Gasteiger partial charge >= 0.3 is 30.0 Å². The Balaban J connectivity index is 1.20. The topological polar surface area (TPSA) is 214 Å². The molecular weight excluding hydrogens is 701 g/mol. The number of benzene rings is 2. The van der Waals surface area contributed by atoms with E-state index in [0.29, 0.717) is 23.6 Å². The molecule has 268 valence electrons. The molecule has 2 aromatic heterocycles. The highest BCUT2D eigenvalue weighted by molar-refractivity contribution is 6.39. The van der Waals surface area contributed by atoms with Crippen LogP contribution in [0.15, 0.2) is 60.8 Å². The number of carbonyl (C=O) groups is 4. The van der Waals surface area contributed by atoms with E-state index in [2.05, 4.69) is 46.6 Å². The number of amides is 3. The number of aromatic nitrogens is 5. The summed E-state index contributed by atoms with van der Waals surface area (Å²) < 4.78 is 44.9. The number of hydrogen-bond donors (Lipinski definition) is 6. The number of nitrogens with one attached hydrogen (secondary N) is 5. The quantitative estimate of drug-likeness (QED) is 0.103. The first-order chi connectivity index (χ1) is 24.2. The van der Waals surface area contributed by atoms with Gasteiger partial charge in [0, 0.05) is 42.1 Å². The van der Waals surface area contributed by atoms with Crippen LogP contribution >= 0.6 is 11.6 Å². The van der Waals surface area contributed by atoms with Crippen molar-refractivity contribution in [1.29, 1.82) is 0 Å². The molecule has 1 saturated carbocycles. The zero-order valence-corrected chi connectivity index (χ0v) is 27.4. The molecule has 0 bridgehead atoms. The number of aryl methyl sites for hydroxylation is 1. The van der Waals surface area contributed by atoms with Crippen molar-refractivity contribution in [3.8, 4) is 6.01 Å². The summed E-state index contributed by atoms with van der Waals surface area (Å²) in [6, 6.07) is 12.2. The van der Waals surface area contributed by atoms with Crippen LogP contribution in [0.4, 0.5) is 36.6 Å². The molecular formula is C31H30ClF3N10O6. The zero-order valence-electron chi connectivity index (χ0n) is 26.6. The Morgan fingerprint density at radius 1 is 0.980 bits per heavy atom. The molecule has 20 heteroatoms. The van der Waals surface area contributed by atoms with Crippen molar-refractivity contribution < 1.29 is 42.2 Å². The molecule has 0 unspecified atom stereocenters. The van der Waals surface area contributed by atoms with Gasteiger partial charge in [0.05, 0.1) is 5.54 Å². The number of alkyl halides is 3. The number of nitrogens with zero attached hydrogens (tertiary/aromatic N) is 5. The maximum atomic E-state index is 12.9. The molecule has 0 aliphatic heterocycles. The van der Waals surface area contributed by atoms with Crippen LogP contribution in [0.5, 0.6) is 6.01 Å². The molecule has 6 N–H and O–H groups in total. The molecule has 3 amide bonds. The molecule has 1 aliphatic rings. The van der Waals surface area contributed by atoms with Gasteiger partial charge in [-0.25, -0.2) is 4.79 Å². The number of carbonyl (C=O) groups excluding carboxylic acids is 3. The van der Waals surface area contributed by atoms with E-state index in [1.165, 1.54) is 35.0 Å². The molecule has 0 radical (unpaired) electrons. The van der Waals surface area contributed by atoms with E-state index in [0.717, 1.165) is 5.56 Å². The van der Waals surface area contributed by atoms with Crippen LogP contribution in [-0.2, 0) is 27.0 Å². The van der Waals surface area contributed by atoms with Gasteiger partial charge in [-0.15, -0.1) is 0 Å². The highest BCUT2D eigenvalue weighted by atomic mass is 35.5. The fourth-order valence-electron chi connectivity index (χ4n) is 4.67. The van der Waals surface area contributed by atoms with E-state index < -0.39 is 54.1 Å². The summed E-state index contributed by atoms with van der Waals surface area (Å²) in [7, 11) is 1.62. The van der Waals surface area contributed by atoms with Crippen molar-refractivity contribution in [2.24, 2.45) is 7.05 Å². The lowest BCUT2D eigenvalue weighted by Gasteiger charge is -2.19. The van der Waals surface area contributed by atoms with Gasteiger partial charge < -0.3 is 36.4 Å². The number of anilines is 4. The van der Waals surface area contributed by atoms with Gasteiger partial charge in [0.2, 0.25) is 11.9 Å². The average Bonchev–Trinajstić information content (AvgIpc) is 3.74. The molecule has 2 aromatic carbocycles. The predicted octanol–water partition coefficient (Wildman–Crippen LogP) is 3.37. The highest BCUT2D eigenvalue weighted by Crippen LogP contribution is 2.48. The lowest BCUT2D eigenvalue weighted by Crippen LogP contribution is -2.44. The van der Waals surface area contributed by atoms with Crippen LogP contribution in [0.2, 0.25) is 5.02 Å². The second-order valence-electron chi connectivity index (χ2n) is 11.3. The van der Waals surface area contributed by atoms with Gasteiger partial charge in [0.1, 0.15) is 6.04 Å². The summed E-state index contributed by atoms with van der Waals surface area (Å²) in [6.07, 6.45) is -1.92. The van der Waals surface area contributed by atoms with Crippen molar-refractivity contribution in [3.05, 3.63) is 76.9 Å². The fraction of sp³-hybridized carbons (Fsp3) is 0.290. The molecule has 2 heterocycles. The molecule has 5 rings (SSSR count). The summed E-state index contributed by atoms with van der Waals surface area (Å²) in [4.78, 5) is 61.0. The Bertz CT molecular complexity index is 1900.